The summed E-state index contributed by atoms with van der Waals surface area (Å²) in [5.74, 6) is 0. The van der Waals surface area contributed by atoms with E-state index in [-0.39, 0.29) is 0 Å². The molecule has 27 heavy (non-hydrogen) atoms. The van der Waals surface area contributed by atoms with Gasteiger partial charge in [0.15, 0.2) is 0 Å². The SMILES string of the molecule is Nc1cccc(-c2csc(N/N=C/C=C/c3ccc(C(F)(F)F)cc3)n2)c1. The van der Waals surface area contributed by atoms with E-state index in [1.165, 1.54) is 29.7 Å². The number of nitrogens with two attached hydrogens (primary N) is 1. The number of allylic oxidation sites excluding steroid dienone is 1. The summed E-state index contributed by atoms with van der Waals surface area (Å²) in [6, 6.07) is 12.3. The molecule has 0 aliphatic rings. The number of anilines is 2. The Morgan fingerprint density at radius 1 is 1.11 bits per heavy atom. The van der Waals surface area contributed by atoms with E-state index in [9.17, 15) is 13.2 Å². The van der Waals surface area contributed by atoms with Gasteiger partial charge in [-0.25, -0.2) is 4.98 Å². The average Bonchev–Trinajstić information content (AvgIpc) is 3.10. The lowest BCUT2D eigenvalue weighted by Crippen LogP contribution is -2.03. The summed E-state index contributed by atoms with van der Waals surface area (Å²) in [7, 11) is 0. The molecule has 138 valence electrons. The van der Waals surface area contributed by atoms with Gasteiger partial charge in [0.05, 0.1) is 11.3 Å². The summed E-state index contributed by atoms with van der Waals surface area (Å²) in [6.45, 7) is 0. The second-order valence-electron chi connectivity index (χ2n) is 5.53. The van der Waals surface area contributed by atoms with E-state index < -0.39 is 11.7 Å². The summed E-state index contributed by atoms with van der Waals surface area (Å²) < 4.78 is 37.5. The molecule has 2 aromatic carbocycles. The van der Waals surface area contributed by atoms with Crippen LogP contribution in [-0.2, 0) is 6.18 Å². The van der Waals surface area contributed by atoms with Crippen molar-refractivity contribution in [1.29, 1.82) is 0 Å². The molecule has 3 aromatic rings. The largest absolute Gasteiger partial charge is 0.416 e. The lowest BCUT2D eigenvalue weighted by molar-refractivity contribution is -0.137. The Labute approximate surface area is 157 Å². The monoisotopic (exact) mass is 388 g/mol. The smallest absolute Gasteiger partial charge is 0.399 e. The molecular weight excluding hydrogens is 373 g/mol. The van der Waals surface area contributed by atoms with E-state index in [0.717, 1.165) is 23.4 Å². The second-order valence-corrected chi connectivity index (χ2v) is 6.39. The third-order valence-electron chi connectivity index (χ3n) is 3.53. The van der Waals surface area contributed by atoms with E-state index in [2.05, 4.69) is 15.5 Å². The fourth-order valence-corrected chi connectivity index (χ4v) is 2.90. The average molecular weight is 388 g/mol. The minimum absolute atomic E-state index is 0.617. The zero-order chi connectivity index (χ0) is 19.3. The van der Waals surface area contributed by atoms with Crippen LogP contribution in [0, 0.1) is 0 Å². The van der Waals surface area contributed by atoms with Gasteiger partial charge in [-0.3, -0.25) is 5.43 Å². The number of aromatic nitrogens is 1. The summed E-state index contributed by atoms with van der Waals surface area (Å²) in [6.07, 6.45) is 0.457. The molecule has 0 radical (unpaired) electrons. The molecule has 0 fully saturated rings. The molecule has 1 aromatic heterocycles. The highest BCUT2D eigenvalue weighted by molar-refractivity contribution is 7.14. The number of benzene rings is 2. The van der Waals surface area contributed by atoms with Gasteiger partial charge in [-0.05, 0) is 35.9 Å². The predicted octanol–water partition coefficient (Wildman–Crippen LogP) is 5.52. The van der Waals surface area contributed by atoms with Crippen molar-refractivity contribution >= 4 is 34.4 Å². The molecule has 0 amide bonds. The highest BCUT2D eigenvalue weighted by Gasteiger charge is 2.29. The molecule has 0 unspecified atom stereocenters. The first-order chi connectivity index (χ1) is 12.9. The van der Waals surface area contributed by atoms with Crippen LogP contribution in [0.3, 0.4) is 0 Å². The van der Waals surface area contributed by atoms with E-state index in [1.807, 2.05) is 29.6 Å². The molecule has 0 bridgehead atoms. The Morgan fingerprint density at radius 3 is 2.59 bits per heavy atom. The molecule has 0 spiro atoms. The molecule has 4 nitrogen and oxygen atoms in total. The number of nitrogens with zero attached hydrogens (tertiary/aromatic N) is 2. The van der Waals surface area contributed by atoms with Crippen LogP contribution in [0.25, 0.3) is 17.3 Å². The van der Waals surface area contributed by atoms with Crippen LogP contribution in [0.1, 0.15) is 11.1 Å². The van der Waals surface area contributed by atoms with Crippen molar-refractivity contribution in [2.24, 2.45) is 5.10 Å². The summed E-state index contributed by atoms with van der Waals surface area (Å²) in [5, 5.41) is 6.53. The van der Waals surface area contributed by atoms with Crippen LogP contribution >= 0.6 is 11.3 Å². The van der Waals surface area contributed by atoms with Crippen molar-refractivity contribution < 1.29 is 13.2 Å². The summed E-state index contributed by atoms with van der Waals surface area (Å²) >= 11 is 1.40. The molecule has 1 heterocycles. The minimum atomic E-state index is -4.33. The lowest BCUT2D eigenvalue weighted by atomic mass is 10.1. The summed E-state index contributed by atoms with van der Waals surface area (Å²) in [4.78, 5) is 4.42. The number of alkyl halides is 3. The van der Waals surface area contributed by atoms with Crippen LogP contribution in [0.15, 0.2) is 65.1 Å². The summed E-state index contributed by atoms with van der Waals surface area (Å²) in [5.41, 5.74) is 10.9. The van der Waals surface area contributed by atoms with Gasteiger partial charge >= 0.3 is 6.18 Å². The number of thiazole rings is 1. The molecule has 0 aliphatic carbocycles. The normalized spacial score (nSPS) is 12.1. The number of nitrogen functional groups attached to an aromatic ring is 1. The van der Waals surface area contributed by atoms with Crippen molar-refractivity contribution in [1.82, 2.24) is 4.98 Å². The Morgan fingerprint density at radius 2 is 1.89 bits per heavy atom. The fourth-order valence-electron chi connectivity index (χ4n) is 2.23. The van der Waals surface area contributed by atoms with Gasteiger partial charge in [-0.2, -0.15) is 18.3 Å². The number of halogens is 3. The van der Waals surface area contributed by atoms with Crippen molar-refractivity contribution in [2.75, 3.05) is 11.2 Å². The van der Waals surface area contributed by atoms with Gasteiger partial charge in [0, 0.05) is 22.8 Å². The number of rotatable bonds is 5. The van der Waals surface area contributed by atoms with Crippen LogP contribution in [0.5, 0.6) is 0 Å². The van der Waals surface area contributed by atoms with Gasteiger partial charge in [0.25, 0.3) is 0 Å². The quantitative estimate of drug-likeness (QED) is 0.344. The van der Waals surface area contributed by atoms with Crippen molar-refractivity contribution in [3.63, 3.8) is 0 Å². The van der Waals surface area contributed by atoms with Gasteiger partial charge in [-0.15, -0.1) is 11.3 Å². The first kappa shape index (κ1) is 18.7. The first-order valence-electron chi connectivity index (χ1n) is 7.86. The van der Waals surface area contributed by atoms with Crippen molar-refractivity contribution in [3.05, 3.63) is 71.1 Å². The highest BCUT2D eigenvalue weighted by Crippen LogP contribution is 2.29. The van der Waals surface area contributed by atoms with Crippen LogP contribution < -0.4 is 11.2 Å². The molecular formula is C19H15F3N4S. The van der Waals surface area contributed by atoms with Crippen LogP contribution in [0.4, 0.5) is 24.0 Å². The molecule has 3 N–H and O–H groups in total. The van der Waals surface area contributed by atoms with E-state index >= 15 is 0 Å². The van der Waals surface area contributed by atoms with Crippen LogP contribution in [-0.4, -0.2) is 11.2 Å². The van der Waals surface area contributed by atoms with Crippen LogP contribution in [0.2, 0.25) is 0 Å². The van der Waals surface area contributed by atoms with Gasteiger partial charge in [-0.1, -0.05) is 30.3 Å². The molecule has 3 rings (SSSR count). The molecule has 0 aliphatic heterocycles. The second kappa shape index (κ2) is 8.05. The van der Waals surface area contributed by atoms with E-state index in [4.69, 9.17) is 5.73 Å². The van der Waals surface area contributed by atoms with Crippen molar-refractivity contribution in [2.45, 2.75) is 6.18 Å². The standard InChI is InChI=1S/C19H15F3N4S/c20-19(21,22)15-8-6-13(7-9-15)3-2-10-24-26-18-25-17(12-27-18)14-4-1-5-16(23)11-14/h1-12H,23H2,(H,25,26)/b3-2+,24-10+. The number of hydrogen-bond acceptors (Lipinski definition) is 5. The Hall–Kier alpha value is -3.13. The molecule has 0 saturated heterocycles. The maximum Gasteiger partial charge on any atom is 0.416 e. The maximum absolute atomic E-state index is 12.5. The number of hydrogen-bond donors (Lipinski definition) is 2. The van der Waals surface area contributed by atoms with E-state index in [0.29, 0.717) is 16.4 Å². The van der Waals surface area contributed by atoms with Crippen molar-refractivity contribution in [3.8, 4) is 11.3 Å². The molecule has 0 atom stereocenters. The zero-order valence-electron chi connectivity index (χ0n) is 13.9. The predicted molar refractivity (Wildman–Crippen MR) is 105 cm³/mol. The number of hydrazone groups is 1. The Balaban J connectivity index is 1.56. The molecule has 8 heteroatoms. The first-order valence-corrected chi connectivity index (χ1v) is 8.74. The third kappa shape index (κ3) is 5.18. The maximum atomic E-state index is 12.5. The molecule has 0 saturated carbocycles. The Kier molecular flexibility index (Phi) is 5.56. The van der Waals surface area contributed by atoms with Gasteiger partial charge < -0.3 is 5.73 Å². The van der Waals surface area contributed by atoms with Gasteiger partial charge in [0.2, 0.25) is 5.13 Å². The number of nitrogens with one attached hydrogen (secondary N) is 1. The van der Waals surface area contributed by atoms with Gasteiger partial charge in [0.1, 0.15) is 0 Å². The zero-order valence-corrected chi connectivity index (χ0v) is 14.8. The third-order valence-corrected chi connectivity index (χ3v) is 4.28. The Bertz CT molecular complexity index is 960. The topological polar surface area (TPSA) is 63.3 Å². The lowest BCUT2D eigenvalue weighted by Gasteiger charge is -2.05. The minimum Gasteiger partial charge on any atom is -0.399 e. The van der Waals surface area contributed by atoms with E-state index in [1.54, 1.807) is 12.2 Å². The fraction of sp³-hybridized carbons (Fsp3) is 0.0526. The highest BCUT2D eigenvalue weighted by atomic mass is 32.1.